The number of para-hydroxylation sites is 1. The highest BCUT2D eigenvalue weighted by atomic mass is 35.7. The predicted octanol–water partition coefficient (Wildman–Crippen LogP) is 7.30. The third-order valence-electron chi connectivity index (χ3n) is 5.09. The molecule has 2 aromatic carbocycles. The van der Waals surface area contributed by atoms with E-state index in [1.165, 1.54) is 32.1 Å². The quantitative estimate of drug-likeness (QED) is 0.155. The Morgan fingerprint density at radius 2 is 1.47 bits per heavy atom. The first kappa shape index (κ1) is 26.4. The van der Waals surface area contributed by atoms with E-state index in [-0.39, 0.29) is 0 Å². The molecule has 2 aromatic rings. The number of carbonyl (C=O) groups excluding carboxylic acids is 1. The lowest BCUT2D eigenvalue weighted by atomic mass is 10.1. The van der Waals surface area contributed by atoms with Crippen molar-refractivity contribution in [2.24, 2.45) is 0 Å². The zero-order valence-corrected chi connectivity index (χ0v) is 20.5. The molecule has 0 amide bonds. The molecule has 7 heteroatoms. The summed E-state index contributed by atoms with van der Waals surface area (Å²) in [6.07, 6.45) is 9.62. The molecule has 0 bridgehead atoms. The van der Waals surface area contributed by atoms with Crippen LogP contribution in [0, 0.1) is 0 Å². The first-order chi connectivity index (χ1) is 15.5. The maximum absolute atomic E-state index is 12.8. The molecular formula is C25H35ClNO4P. The van der Waals surface area contributed by atoms with Gasteiger partial charge in [-0.3, -0.25) is 4.79 Å². The number of ether oxygens (including phenoxy) is 1. The van der Waals surface area contributed by atoms with Crippen LogP contribution in [0.25, 0.3) is 0 Å². The van der Waals surface area contributed by atoms with Crippen molar-refractivity contribution in [3.05, 3.63) is 66.2 Å². The highest BCUT2D eigenvalue weighted by Gasteiger charge is 2.31. The molecule has 0 spiro atoms. The van der Waals surface area contributed by atoms with Crippen molar-refractivity contribution in [1.82, 2.24) is 5.09 Å². The molecular weight excluding hydrogens is 445 g/mol. The second kappa shape index (κ2) is 15.1. The third kappa shape index (κ3) is 11.2. The first-order valence-electron chi connectivity index (χ1n) is 11.5. The molecule has 0 heterocycles. The van der Waals surface area contributed by atoms with Crippen molar-refractivity contribution in [1.29, 1.82) is 0 Å². The fraction of sp³-hybridized carbons (Fsp3) is 0.480. The standard InChI is InChI=1S/C25H35ClNO4P/c1-2-3-4-5-6-7-8-15-20-30-25(28)24(21-22-16-11-9-12-17-22)27-32(26,29)31-23-18-13-10-14-19-23/h9-14,16-19,24H,2-8,15,20-21H2,1H3,(H,27,29)/t24-,32?/m0/s1. The summed E-state index contributed by atoms with van der Waals surface area (Å²) in [6.45, 7) is -1.25. The number of rotatable bonds is 16. The van der Waals surface area contributed by atoms with Crippen molar-refractivity contribution in [3.63, 3.8) is 0 Å². The van der Waals surface area contributed by atoms with E-state index in [1.54, 1.807) is 24.3 Å². The van der Waals surface area contributed by atoms with Crippen molar-refractivity contribution < 1.29 is 18.6 Å². The van der Waals surface area contributed by atoms with Crippen LogP contribution in [-0.2, 0) is 20.5 Å². The molecule has 32 heavy (non-hydrogen) atoms. The number of unbranched alkanes of at least 4 members (excludes halogenated alkanes) is 7. The molecule has 5 nitrogen and oxygen atoms in total. The summed E-state index contributed by atoms with van der Waals surface area (Å²) in [5, 5.41) is 2.70. The maximum atomic E-state index is 12.8. The van der Waals surface area contributed by atoms with Gasteiger partial charge in [0, 0.05) is 11.2 Å². The van der Waals surface area contributed by atoms with E-state index in [4.69, 9.17) is 20.5 Å². The van der Waals surface area contributed by atoms with E-state index in [2.05, 4.69) is 12.0 Å². The van der Waals surface area contributed by atoms with Crippen LogP contribution < -0.4 is 9.61 Å². The Morgan fingerprint density at radius 1 is 0.906 bits per heavy atom. The molecule has 2 rings (SSSR count). The normalized spacial score (nSPS) is 13.8. The Labute approximate surface area is 197 Å². The monoisotopic (exact) mass is 479 g/mol. The highest BCUT2D eigenvalue weighted by Crippen LogP contribution is 2.48. The number of carbonyl (C=O) groups is 1. The summed E-state index contributed by atoms with van der Waals surface area (Å²) in [5.74, 6) is -0.113. The number of halogens is 1. The number of nitrogens with one attached hydrogen (secondary N) is 1. The van der Waals surface area contributed by atoms with Crippen molar-refractivity contribution in [2.75, 3.05) is 6.61 Å². The molecule has 0 saturated carbocycles. The van der Waals surface area contributed by atoms with Crippen LogP contribution in [0.4, 0.5) is 0 Å². The van der Waals surface area contributed by atoms with Gasteiger partial charge in [-0.15, -0.1) is 0 Å². The zero-order chi connectivity index (χ0) is 23.1. The van der Waals surface area contributed by atoms with Gasteiger partial charge in [-0.2, -0.15) is 0 Å². The average molecular weight is 480 g/mol. The fourth-order valence-electron chi connectivity index (χ4n) is 3.37. The lowest BCUT2D eigenvalue weighted by Crippen LogP contribution is -2.38. The average Bonchev–Trinajstić information content (AvgIpc) is 2.78. The highest BCUT2D eigenvalue weighted by molar-refractivity contribution is 7.84. The minimum Gasteiger partial charge on any atom is -0.465 e. The Bertz CT molecular complexity index is 819. The van der Waals surface area contributed by atoms with Gasteiger partial charge in [0.05, 0.1) is 6.61 Å². The number of hydrogen-bond donors (Lipinski definition) is 1. The Balaban J connectivity index is 1.86. The van der Waals surface area contributed by atoms with Gasteiger partial charge in [0.1, 0.15) is 11.8 Å². The molecule has 0 fully saturated rings. The molecule has 0 aliphatic rings. The SMILES string of the molecule is CCCCCCCCCCOC(=O)[C@H](Cc1ccccc1)NP(=O)(Cl)Oc1ccccc1. The van der Waals surface area contributed by atoms with Crippen molar-refractivity contribution >= 4 is 24.1 Å². The molecule has 0 aliphatic heterocycles. The van der Waals surface area contributed by atoms with Gasteiger partial charge in [0.15, 0.2) is 0 Å². The van der Waals surface area contributed by atoms with Gasteiger partial charge in [0.2, 0.25) is 0 Å². The van der Waals surface area contributed by atoms with Crippen LogP contribution in [0.3, 0.4) is 0 Å². The van der Waals surface area contributed by atoms with E-state index in [0.717, 1.165) is 24.8 Å². The predicted molar refractivity (Wildman–Crippen MR) is 131 cm³/mol. The van der Waals surface area contributed by atoms with Crippen LogP contribution in [0.5, 0.6) is 5.75 Å². The topological polar surface area (TPSA) is 64.6 Å². The van der Waals surface area contributed by atoms with E-state index in [0.29, 0.717) is 18.8 Å². The van der Waals surface area contributed by atoms with E-state index in [1.807, 2.05) is 36.4 Å². The second-order valence-electron chi connectivity index (χ2n) is 7.90. The van der Waals surface area contributed by atoms with Crippen molar-refractivity contribution in [2.45, 2.75) is 70.8 Å². The van der Waals surface area contributed by atoms with Crippen LogP contribution >= 0.6 is 18.1 Å². The van der Waals surface area contributed by atoms with Crippen LogP contribution in [0.15, 0.2) is 60.7 Å². The summed E-state index contributed by atoms with van der Waals surface area (Å²) in [6, 6.07) is 17.2. The number of esters is 1. The molecule has 0 aliphatic carbocycles. The summed E-state index contributed by atoms with van der Waals surface area (Å²) >= 11 is 6.14. The Morgan fingerprint density at radius 3 is 2.09 bits per heavy atom. The van der Waals surface area contributed by atoms with Crippen molar-refractivity contribution in [3.8, 4) is 5.75 Å². The molecule has 0 aromatic heterocycles. The van der Waals surface area contributed by atoms with Gasteiger partial charge >= 0.3 is 12.8 Å². The Hall–Kier alpha value is -1.81. The van der Waals surface area contributed by atoms with Gasteiger partial charge < -0.3 is 9.26 Å². The van der Waals surface area contributed by atoms with E-state index < -0.39 is 18.9 Å². The van der Waals surface area contributed by atoms with Gasteiger partial charge in [-0.25, -0.2) is 9.65 Å². The van der Waals surface area contributed by atoms with E-state index in [9.17, 15) is 9.36 Å². The lowest BCUT2D eigenvalue weighted by molar-refractivity contribution is -0.145. The second-order valence-corrected chi connectivity index (χ2v) is 10.6. The maximum Gasteiger partial charge on any atom is 0.409 e. The minimum absolute atomic E-state index is 0.298. The summed E-state index contributed by atoms with van der Waals surface area (Å²) in [7, 11) is 0. The number of benzene rings is 2. The summed E-state index contributed by atoms with van der Waals surface area (Å²) in [5.41, 5.74) is 0.908. The van der Waals surface area contributed by atoms with Gasteiger partial charge in [-0.05, 0) is 30.5 Å². The molecule has 0 radical (unpaired) electrons. The van der Waals surface area contributed by atoms with E-state index >= 15 is 0 Å². The molecule has 1 unspecified atom stereocenters. The molecule has 0 saturated heterocycles. The number of hydrogen-bond acceptors (Lipinski definition) is 4. The third-order valence-corrected chi connectivity index (χ3v) is 6.65. The largest absolute Gasteiger partial charge is 0.465 e. The summed E-state index contributed by atoms with van der Waals surface area (Å²) < 4.78 is 23.7. The molecule has 1 N–H and O–H groups in total. The lowest BCUT2D eigenvalue weighted by Gasteiger charge is -2.21. The van der Waals surface area contributed by atoms with Gasteiger partial charge in [0.25, 0.3) is 0 Å². The van der Waals surface area contributed by atoms with Crippen LogP contribution in [0.1, 0.15) is 63.9 Å². The summed E-state index contributed by atoms with van der Waals surface area (Å²) in [4.78, 5) is 12.8. The Kier molecular flexibility index (Phi) is 12.5. The van der Waals surface area contributed by atoms with Crippen LogP contribution in [-0.4, -0.2) is 18.6 Å². The molecule has 176 valence electrons. The fourth-order valence-corrected chi connectivity index (χ4v) is 4.98. The van der Waals surface area contributed by atoms with Gasteiger partial charge in [-0.1, -0.05) is 100 Å². The first-order valence-corrected chi connectivity index (χ1v) is 14.1. The zero-order valence-electron chi connectivity index (χ0n) is 18.9. The smallest absolute Gasteiger partial charge is 0.409 e. The molecule has 2 atom stereocenters. The van der Waals surface area contributed by atoms with Crippen LogP contribution in [0.2, 0.25) is 0 Å². The minimum atomic E-state index is -3.80.